The minimum atomic E-state index is 0.255. The zero-order valence-electron chi connectivity index (χ0n) is 16.2. The second-order valence-electron chi connectivity index (χ2n) is 8.48. The molecular weight excluding hydrogens is 308 g/mol. The molecule has 0 bridgehead atoms. The maximum absolute atomic E-state index is 12.8. The first kappa shape index (κ1) is 18.4. The predicted octanol–water partition coefficient (Wildman–Crippen LogP) is 4.28. The summed E-state index contributed by atoms with van der Waals surface area (Å²) in [5.74, 6) is 1.94. The van der Waals surface area contributed by atoms with Crippen LogP contribution in [-0.2, 0) is 11.3 Å². The van der Waals surface area contributed by atoms with Crippen molar-refractivity contribution in [2.75, 3.05) is 26.2 Å². The first-order chi connectivity index (χ1) is 12.0. The molecule has 0 radical (unpaired) electrons. The lowest BCUT2D eigenvalue weighted by atomic mass is 9.92. The molecule has 3 heteroatoms. The number of nitrogens with zero attached hydrogens (tertiary/aromatic N) is 2. The minimum absolute atomic E-state index is 0.255. The van der Waals surface area contributed by atoms with Crippen LogP contribution in [0.4, 0.5) is 0 Å². The lowest BCUT2D eigenvalue weighted by Gasteiger charge is -2.37. The van der Waals surface area contributed by atoms with Crippen LogP contribution in [0.3, 0.4) is 0 Å². The number of likely N-dealkylation sites (tertiary alicyclic amines) is 2. The highest BCUT2D eigenvalue weighted by Gasteiger charge is 2.30. The highest BCUT2D eigenvalue weighted by molar-refractivity contribution is 5.79. The number of rotatable bonds is 4. The molecule has 25 heavy (non-hydrogen) atoms. The van der Waals surface area contributed by atoms with Crippen molar-refractivity contribution in [1.82, 2.24) is 9.80 Å². The number of carbonyl (C=O) groups is 1. The number of amides is 1. The van der Waals surface area contributed by atoms with E-state index in [0.717, 1.165) is 45.6 Å². The first-order valence-corrected chi connectivity index (χ1v) is 10.1. The molecule has 0 unspecified atom stereocenters. The van der Waals surface area contributed by atoms with E-state index in [-0.39, 0.29) is 5.92 Å². The van der Waals surface area contributed by atoms with Crippen molar-refractivity contribution < 1.29 is 4.79 Å². The molecule has 138 valence electrons. The molecule has 0 spiro atoms. The maximum Gasteiger partial charge on any atom is 0.225 e. The Kier molecular flexibility index (Phi) is 6.16. The van der Waals surface area contributed by atoms with Crippen molar-refractivity contribution >= 4 is 5.91 Å². The Labute approximate surface area is 153 Å². The topological polar surface area (TPSA) is 23.6 Å². The quantitative estimate of drug-likeness (QED) is 0.815. The van der Waals surface area contributed by atoms with Crippen molar-refractivity contribution in [3.8, 4) is 0 Å². The van der Waals surface area contributed by atoms with E-state index in [1.165, 1.54) is 24.0 Å². The van der Waals surface area contributed by atoms with Crippen LogP contribution < -0.4 is 0 Å². The Bertz CT molecular complexity index is 558. The van der Waals surface area contributed by atoms with Gasteiger partial charge in [-0.05, 0) is 61.7 Å². The molecule has 1 aromatic carbocycles. The molecule has 2 fully saturated rings. The highest BCUT2D eigenvalue weighted by Crippen LogP contribution is 2.24. The average Bonchev–Trinajstić information content (AvgIpc) is 2.62. The van der Waals surface area contributed by atoms with Gasteiger partial charge in [-0.2, -0.15) is 0 Å². The van der Waals surface area contributed by atoms with Crippen molar-refractivity contribution in [3.63, 3.8) is 0 Å². The van der Waals surface area contributed by atoms with E-state index in [4.69, 9.17) is 0 Å². The fourth-order valence-electron chi connectivity index (χ4n) is 4.25. The summed E-state index contributed by atoms with van der Waals surface area (Å²) in [6, 6.07) is 9.05. The standard InChI is InChI=1S/C22H34N2O/c1-17(2)20-8-6-19(7-9-20)16-23-13-10-21(11-14-23)22(25)24-12-4-5-18(3)15-24/h6-9,17-18,21H,4-5,10-16H2,1-3H3/t18-/m0/s1. The predicted molar refractivity (Wildman–Crippen MR) is 104 cm³/mol. The Morgan fingerprint density at radius 3 is 2.36 bits per heavy atom. The van der Waals surface area contributed by atoms with Crippen LogP contribution in [-0.4, -0.2) is 41.9 Å². The summed E-state index contributed by atoms with van der Waals surface area (Å²) in [4.78, 5) is 17.4. The molecule has 3 rings (SSSR count). The second-order valence-corrected chi connectivity index (χ2v) is 8.48. The Hall–Kier alpha value is -1.35. The lowest BCUT2D eigenvalue weighted by Crippen LogP contribution is -2.45. The SMILES string of the molecule is CC(C)c1ccc(CN2CCC(C(=O)N3CCC[C@H](C)C3)CC2)cc1. The maximum atomic E-state index is 12.8. The van der Waals surface area contributed by atoms with Crippen molar-refractivity contribution in [1.29, 1.82) is 0 Å². The Morgan fingerprint density at radius 1 is 1.08 bits per heavy atom. The van der Waals surface area contributed by atoms with Crippen LogP contribution >= 0.6 is 0 Å². The number of piperidine rings is 2. The van der Waals surface area contributed by atoms with Gasteiger partial charge in [-0.3, -0.25) is 9.69 Å². The molecule has 2 aliphatic rings. The molecule has 2 saturated heterocycles. The zero-order valence-corrected chi connectivity index (χ0v) is 16.2. The number of hydrogen-bond acceptors (Lipinski definition) is 2. The molecule has 1 amide bonds. The van der Waals surface area contributed by atoms with Gasteiger partial charge < -0.3 is 4.90 Å². The van der Waals surface area contributed by atoms with E-state index >= 15 is 0 Å². The molecule has 2 aliphatic heterocycles. The van der Waals surface area contributed by atoms with Gasteiger partial charge in [0.05, 0.1) is 0 Å². The summed E-state index contributed by atoms with van der Waals surface area (Å²) in [6.07, 6.45) is 4.50. The van der Waals surface area contributed by atoms with Crippen LogP contribution in [0.1, 0.15) is 63.5 Å². The Morgan fingerprint density at radius 2 is 1.76 bits per heavy atom. The van der Waals surface area contributed by atoms with E-state index < -0.39 is 0 Å². The average molecular weight is 343 g/mol. The van der Waals surface area contributed by atoms with Crippen molar-refractivity contribution in [3.05, 3.63) is 35.4 Å². The normalized spacial score (nSPS) is 23.2. The van der Waals surface area contributed by atoms with Gasteiger partial charge in [0.2, 0.25) is 5.91 Å². The number of benzene rings is 1. The molecule has 0 saturated carbocycles. The van der Waals surface area contributed by atoms with E-state index in [9.17, 15) is 4.79 Å². The summed E-state index contributed by atoms with van der Waals surface area (Å²) in [5, 5.41) is 0. The molecule has 0 N–H and O–H groups in total. The molecule has 3 nitrogen and oxygen atoms in total. The fraction of sp³-hybridized carbons (Fsp3) is 0.682. The monoisotopic (exact) mass is 342 g/mol. The Balaban J connectivity index is 1.47. The molecule has 0 aliphatic carbocycles. The molecule has 1 aromatic rings. The summed E-state index contributed by atoms with van der Waals surface area (Å²) in [7, 11) is 0. The third-order valence-electron chi connectivity index (χ3n) is 5.96. The fourth-order valence-corrected chi connectivity index (χ4v) is 4.25. The van der Waals surface area contributed by atoms with Crippen LogP contribution in [0.15, 0.2) is 24.3 Å². The van der Waals surface area contributed by atoms with Gasteiger partial charge in [0.25, 0.3) is 0 Å². The smallest absolute Gasteiger partial charge is 0.225 e. The van der Waals surface area contributed by atoms with Gasteiger partial charge in [-0.15, -0.1) is 0 Å². The summed E-state index contributed by atoms with van der Waals surface area (Å²) >= 11 is 0. The first-order valence-electron chi connectivity index (χ1n) is 10.1. The molecule has 0 aromatic heterocycles. The van der Waals surface area contributed by atoms with Gasteiger partial charge in [0, 0.05) is 25.6 Å². The summed E-state index contributed by atoms with van der Waals surface area (Å²) < 4.78 is 0. The van der Waals surface area contributed by atoms with E-state index in [1.54, 1.807) is 0 Å². The van der Waals surface area contributed by atoms with Crippen molar-refractivity contribution in [2.24, 2.45) is 11.8 Å². The number of carbonyl (C=O) groups excluding carboxylic acids is 1. The van der Waals surface area contributed by atoms with E-state index in [2.05, 4.69) is 54.8 Å². The third kappa shape index (κ3) is 4.84. The zero-order chi connectivity index (χ0) is 17.8. The summed E-state index contributed by atoms with van der Waals surface area (Å²) in [5.41, 5.74) is 2.79. The largest absolute Gasteiger partial charge is 0.342 e. The van der Waals surface area contributed by atoms with Crippen LogP contribution in [0.25, 0.3) is 0 Å². The summed E-state index contributed by atoms with van der Waals surface area (Å²) in [6.45, 7) is 11.8. The van der Waals surface area contributed by atoms with Crippen molar-refractivity contribution in [2.45, 2.75) is 58.9 Å². The van der Waals surface area contributed by atoms with Crippen LogP contribution in [0, 0.1) is 11.8 Å². The lowest BCUT2D eigenvalue weighted by molar-refractivity contribution is -0.138. The van der Waals surface area contributed by atoms with E-state index in [0.29, 0.717) is 17.7 Å². The molecular formula is C22H34N2O. The van der Waals surface area contributed by atoms with Gasteiger partial charge in [-0.1, -0.05) is 45.0 Å². The minimum Gasteiger partial charge on any atom is -0.342 e. The highest BCUT2D eigenvalue weighted by atomic mass is 16.2. The second kappa shape index (κ2) is 8.35. The molecule has 1 atom stereocenters. The van der Waals surface area contributed by atoms with E-state index in [1.807, 2.05) is 0 Å². The van der Waals surface area contributed by atoms with Gasteiger partial charge in [-0.25, -0.2) is 0 Å². The van der Waals surface area contributed by atoms with Crippen LogP contribution in [0.5, 0.6) is 0 Å². The van der Waals surface area contributed by atoms with Gasteiger partial charge >= 0.3 is 0 Å². The van der Waals surface area contributed by atoms with Gasteiger partial charge in [0.1, 0.15) is 0 Å². The molecule has 2 heterocycles. The third-order valence-corrected chi connectivity index (χ3v) is 5.96. The van der Waals surface area contributed by atoms with Gasteiger partial charge in [0.15, 0.2) is 0 Å². The number of hydrogen-bond donors (Lipinski definition) is 0. The van der Waals surface area contributed by atoms with Crippen LogP contribution in [0.2, 0.25) is 0 Å².